The van der Waals surface area contributed by atoms with Gasteiger partial charge in [0.2, 0.25) is 6.10 Å². The van der Waals surface area contributed by atoms with Gasteiger partial charge in [0.15, 0.2) is 11.5 Å². The predicted molar refractivity (Wildman–Crippen MR) is 142 cm³/mol. The lowest BCUT2D eigenvalue weighted by Gasteiger charge is -2.35. The van der Waals surface area contributed by atoms with Crippen molar-refractivity contribution in [3.8, 4) is 0 Å². The van der Waals surface area contributed by atoms with E-state index in [1.807, 2.05) is 6.92 Å². The molecule has 2 saturated heterocycles. The maximum Gasteiger partial charge on any atom is 0.354 e. The first kappa shape index (κ1) is 28.9. The van der Waals surface area contributed by atoms with E-state index in [1.54, 1.807) is 54.6 Å². The third kappa shape index (κ3) is 7.33. The molecule has 12 heteroatoms. The second-order valence-electron chi connectivity index (χ2n) is 8.68. The number of benzene rings is 2. The number of carbonyl (C=O) groups is 4. The highest BCUT2D eigenvalue weighted by atomic mass is 32.2. The predicted octanol–water partition coefficient (Wildman–Crippen LogP) is 3.36. The minimum atomic E-state index is -1.65. The van der Waals surface area contributed by atoms with E-state index < -0.39 is 46.6 Å². The molecule has 10 nitrogen and oxygen atoms in total. The summed E-state index contributed by atoms with van der Waals surface area (Å²) in [6, 6.07) is 15.1. The van der Waals surface area contributed by atoms with Crippen LogP contribution in [-0.2, 0) is 38.0 Å². The van der Waals surface area contributed by atoms with Gasteiger partial charge in [-0.2, -0.15) is 0 Å². The van der Waals surface area contributed by atoms with Crippen LogP contribution in [-0.4, -0.2) is 78.0 Å². The molecule has 39 heavy (non-hydrogen) atoms. The molecule has 4 rings (SSSR count). The number of hydrogen-bond donors (Lipinski definition) is 0. The molecule has 0 N–H and O–H groups in total. The maximum absolute atomic E-state index is 13.5. The zero-order valence-electron chi connectivity index (χ0n) is 21.4. The van der Waals surface area contributed by atoms with Crippen LogP contribution in [0.1, 0.15) is 33.2 Å². The summed E-state index contributed by atoms with van der Waals surface area (Å²) >= 11 is 2.30. The fraction of sp³-hybridized carbons (Fsp3) is 0.407. The molecule has 0 spiro atoms. The lowest BCUT2D eigenvalue weighted by atomic mass is 10.1. The van der Waals surface area contributed by atoms with E-state index in [0.29, 0.717) is 22.6 Å². The Labute approximate surface area is 234 Å². The molecule has 0 saturated carbocycles. The average Bonchev–Trinajstić information content (AvgIpc) is 3.61. The Hall–Kier alpha value is -3.06. The van der Waals surface area contributed by atoms with Crippen molar-refractivity contribution in [2.24, 2.45) is 0 Å². The molecule has 2 aliphatic rings. The molecule has 208 valence electrons. The minimum Gasteiger partial charge on any atom is -0.458 e. The van der Waals surface area contributed by atoms with Crippen molar-refractivity contribution in [1.82, 2.24) is 0 Å². The first-order valence-corrected chi connectivity index (χ1v) is 14.1. The molecule has 2 aromatic rings. The van der Waals surface area contributed by atoms with Crippen molar-refractivity contribution >= 4 is 47.4 Å². The second kappa shape index (κ2) is 12.9. The van der Waals surface area contributed by atoms with E-state index in [4.69, 9.17) is 28.4 Å². The average molecular weight is 577 g/mol. The standard InChI is InChI=1S/C27H28O10S2/c1-18-8-10-21(11-9-18)24(30)33-17-27(35-13-15-39-27)37-25(31)22(36-19(2)28)26(34-12-14-38-26)16-32-23(29)20-6-4-3-5-7-20/h3-11,22H,12-17H2,1-2H3. The van der Waals surface area contributed by atoms with Gasteiger partial charge in [-0.15, -0.1) is 11.8 Å². The molecule has 0 bridgehead atoms. The Balaban J connectivity index is 1.49. The maximum atomic E-state index is 13.5. The first-order valence-electron chi connectivity index (χ1n) is 12.1. The zero-order chi connectivity index (χ0) is 27.9. The molecule has 2 aliphatic heterocycles. The largest absolute Gasteiger partial charge is 0.458 e. The van der Waals surface area contributed by atoms with E-state index in [9.17, 15) is 19.2 Å². The van der Waals surface area contributed by atoms with Crippen molar-refractivity contribution in [2.45, 2.75) is 30.0 Å². The van der Waals surface area contributed by atoms with E-state index in [-0.39, 0.29) is 19.8 Å². The Morgan fingerprint density at radius 2 is 1.46 bits per heavy atom. The van der Waals surface area contributed by atoms with E-state index >= 15 is 0 Å². The highest BCUT2D eigenvalue weighted by Gasteiger charge is 2.55. The van der Waals surface area contributed by atoms with E-state index in [0.717, 1.165) is 24.2 Å². The lowest BCUT2D eigenvalue weighted by Crippen LogP contribution is -2.53. The number of ether oxygens (including phenoxy) is 6. The number of carbonyl (C=O) groups excluding carboxylic acids is 4. The van der Waals surface area contributed by atoms with Gasteiger partial charge in [-0.05, 0) is 31.2 Å². The summed E-state index contributed by atoms with van der Waals surface area (Å²) in [5.74, 6) is -2.07. The highest BCUT2D eigenvalue weighted by molar-refractivity contribution is 8.01. The van der Waals surface area contributed by atoms with Gasteiger partial charge in [0, 0.05) is 18.4 Å². The second-order valence-corrected chi connectivity index (χ2v) is 11.4. The minimum absolute atomic E-state index is 0.225. The van der Waals surface area contributed by atoms with Crippen molar-refractivity contribution < 1.29 is 47.6 Å². The van der Waals surface area contributed by atoms with Crippen LogP contribution >= 0.6 is 23.5 Å². The smallest absolute Gasteiger partial charge is 0.354 e. The van der Waals surface area contributed by atoms with Crippen LogP contribution in [0.4, 0.5) is 0 Å². The molecule has 2 fully saturated rings. The van der Waals surface area contributed by atoms with Gasteiger partial charge in [-0.25, -0.2) is 14.4 Å². The van der Waals surface area contributed by atoms with Crippen molar-refractivity contribution in [1.29, 1.82) is 0 Å². The van der Waals surface area contributed by atoms with Crippen LogP contribution in [0, 0.1) is 6.92 Å². The number of rotatable bonds is 10. The molecular weight excluding hydrogens is 548 g/mol. The van der Waals surface area contributed by atoms with Crippen molar-refractivity contribution in [3.05, 3.63) is 71.3 Å². The summed E-state index contributed by atoms with van der Waals surface area (Å²) in [5.41, 5.74) is 1.63. The van der Waals surface area contributed by atoms with Crippen molar-refractivity contribution in [3.63, 3.8) is 0 Å². The van der Waals surface area contributed by atoms with Gasteiger partial charge in [0.1, 0.15) is 6.61 Å². The molecule has 0 radical (unpaired) electrons. The highest BCUT2D eigenvalue weighted by Crippen LogP contribution is 2.41. The summed E-state index contributed by atoms with van der Waals surface area (Å²) in [7, 11) is 0. The summed E-state index contributed by atoms with van der Waals surface area (Å²) in [6.45, 7) is 2.72. The molecule has 3 unspecified atom stereocenters. The summed E-state index contributed by atoms with van der Waals surface area (Å²) in [5, 5.41) is -1.65. The van der Waals surface area contributed by atoms with Crippen LogP contribution in [0.3, 0.4) is 0 Å². The quantitative estimate of drug-likeness (QED) is 0.304. The lowest BCUT2D eigenvalue weighted by molar-refractivity contribution is -0.216. The number of thioether (sulfide) groups is 2. The molecule has 2 heterocycles. The fourth-order valence-electron chi connectivity index (χ4n) is 3.83. The number of esters is 4. The summed E-state index contributed by atoms with van der Waals surface area (Å²) < 4.78 is 33.5. The molecule has 0 amide bonds. The number of aryl methyl sites for hydroxylation is 1. The van der Waals surface area contributed by atoms with Crippen LogP contribution in [0.5, 0.6) is 0 Å². The van der Waals surface area contributed by atoms with Gasteiger partial charge < -0.3 is 28.4 Å². The Bertz CT molecular complexity index is 1170. The van der Waals surface area contributed by atoms with Gasteiger partial charge in [0.25, 0.3) is 5.12 Å². The molecule has 0 aromatic heterocycles. The van der Waals surface area contributed by atoms with Crippen LogP contribution in [0.25, 0.3) is 0 Å². The molecule has 3 atom stereocenters. The van der Waals surface area contributed by atoms with Gasteiger partial charge in [-0.3, -0.25) is 4.79 Å². The zero-order valence-corrected chi connectivity index (χ0v) is 23.0. The monoisotopic (exact) mass is 576 g/mol. The molecule has 2 aromatic carbocycles. The third-order valence-corrected chi connectivity index (χ3v) is 8.18. The number of hydrogen-bond acceptors (Lipinski definition) is 12. The Kier molecular flexibility index (Phi) is 9.54. The SMILES string of the molecule is CC(=O)OC(C(=O)OC1(COC(=O)c2ccc(C)cc2)OCCS1)C1(COC(=O)c2ccccc2)OCCS1. The van der Waals surface area contributed by atoms with Crippen molar-refractivity contribution in [2.75, 3.05) is 37.9 Å². The van der Waals surface area contributed by atoms with Gasteiger partial charge >= 0.3 is 23.9 Å². The summed E-state index contributed by atoms with van der Waals surface area (Å²) in [6.07, 6.45) is -1.60. The van der Waals surface area contributed by atoms with Gasteiger partial charge in [0.05, 0.1) is 24.3 Å². The molecule has 0 aliphatic carbocycles. The first-order chi connectivity index (χ1) is 18.7. The van der Waals surface area contributed by atoms with Crippen LogP contribution < -0.4 is 0 Å². The normalized spacial score (nSPS) is 23.0. The summed E-state index contributed by atoms with van der Waals surface area (Å²) in [4.78, 5) is 49.2. The van der Waals surface area contributed by atoms with E-state index in [1.165, 1.54) is 11.8 Å². The van der Waals surface area contributed by atoms with E-state index in [2.05, 4.69) is 0 Å². The Morgan fingerprint density at radius 1 is 0.846 bits per heavy atom. The Morgan fingerprint density at radius 3 is 2.05 bits per heavy atom. The fourth-order valence-corrected chi connectivity index (χ4v) is 5.87. The van der Waals surface area contributed by atoms with Crippen LogP contribution in [0.2, 0.25) is 0 Å². The molecular formula is C27H28O10S2. The topological polar surface area (TPSA) is 124 Å². The van der Waals surface area contributed by atoms with Crippen LogP contribution in [0.15, 0.2) is 54.6 Å². The third-order valence-electron chi connectivity index (χ3n) is 5.74. The van der Waals surface area contributed by atoms with Gasteiger partial charge in [-0.1, -0.05) is 47.7 Å².